The number of aromatic nitrogens is 1. The Kier molecular flexibility index (Phi) is 3.54. The zero-order valence-corrected chi connectivity index (χ0v) is 12.4. The molecule has 0 radical (unpaired) electrons. The summed E-state index contributed by atoms with van der Waals surface area (Å²) in [5.41, 5.74) is 4.18. The van der Waals surface area contributed by atoms with Crippen LogP contribution in [0, 0.1) is 0 Å². The Morgan fingerprint density at radius 1 is 1.35 bits per heavy atom. The van der Waals surface area contributed by atoms with Crippen molar-refractivity contribution in [3.05, 3.63) is 41.7 Å². The number of esters is 1. The number of nitrogens with one attached hydrogen (secondary N) is 2. The minimum atomic E-state index is -0.367. The SMILES string of the molecule is COC(=O)c1ccc(CNc2cccc3c2N=[Se]=N3)[nH]1. The van der Waals surface area contributed by atoms with Crippen molar-refractivity contribution < 1.29 is 9.53 Å². The van der Waals surface area contributed by atoms with Gasteiger partial charge in [-0.3, -0.25) is 0 Å². The molecule has 1 aromatic carbocycles. The molecule has 2 aromatic rings. The van der Waals surface area contributed by atoms with Gasteiger partial charge in [-0.1, -0.05) is 0 Å². The molecule has 0 unspecified atom stereocenters. The number of methoxy groups -OCH3 is 1. The van der Waals surface area contributed by atoms with Crippen LogP contribution in [0.15, 0.2) is 38.3 Å². The third-order valence-electron chi connectivity index (χ3n) is 2.91. The maximum absolute atomic E-state index is 11.4. The second kappa shape index (κ2) is 5.48. The van der Waals surface area contributed by atoms with Gasteiger partial charge < -0.3 is 0 Å². The summed E-state index contributed by atoms with van der Waals surface area (Å²) in [4.78, 5) is 14.4. The molecule has 0 spiro atoms. The maximum atomic E-state index is 11.4. The third-order valence-corrected chi connectivity index (χ3v) is 4.05. The Morgan fingerprint density at radius 3 is 3.10 bits per heavy atom. The minimum absolute atomic E-state index is 0.0371. The van der Waals surface area contributed by atoms with Gasteiger partial charge in [-0.05, 0) is 0 Å². The van der Waals surface area contributed by atoms with Gasteiger partial charge >= 0.3 is 121 Å². The topological polar surface area (TPSA) is 78.8 Å². The van der Waals surface area contributed by atoms with Gasteiger partial charge in [0.2, 0.25) is 0 Å². The first-order chi connectivity index (χ1) is 9.78. The fourth-order valence-electron chi connectivity index (χ4n) is 1.91. The molecule has 0 atom stereocenters. The molecule has 2 heterocycles. The number of ether oxygens (including phenoxy) is 1. The number of hydrogen-bond donors (Lipinski definition) is 2. The van der Waals surface area contributed by atoms with E-state index in [4.69, 9.17) is 0 Å². The van der Waals surface area contributed by atoms with Crippen LogP contribution in [0.4, 0.5) is 17.1 Å². The number of hydrogen-bond acceptors (Lipinski definition) is 5. The van der Waals surface area contributed by atoms with E-state index >= 15 is 0 Å². The van der Waals surface area contributed by atoms with Crippen molar-refractivity contribution in [1.29, 1.82) is 0 Å². The standard InChI is InChI=1S/C13H12N4O2Se/c1-19-13(18)11-6-5-8(15-11)7-14-9-3-2-4-10-12(9)17-20-16-10/h2-6,14-15H,7H2,1H3. The first kappa shape index (κ1) is 12.9. The number of nitrogens with zero attached hydrogens (tertiary/aromatic N) is 2. The molecule has 0 bridgehead atoms. The molecule has 2 N–H and O–H groups in total. The number of aromatic amines is 1. The van der Waals surface area contributed by atoms with Crippen LogP contribution in [0.5, 0.6) is 0 Å². The summed E-state index contributed by atoms with van der Waals surface area (Å²) < 4.78 is 13.4. The van der Waals surface area contributed by atoms with E-state index in [0.717, 1.165) is 22.8 Å². The van der Waals surface area contributed by atoms with Crippen molar-refractivity contribution in [3.63, 3.8) is 0 Å². The van der Waals surface area contributed by atoms with Crippen LogP contribution in [-0.4, -0.2) is 32.6 Å². The molecule has 102 valence electrons. The van der Waals surface area contributed by atoms with Gasteiger partial charge in [-0.15, -0.1) is 0 Å². The van der Waals surface area contributed by atoms with Crippen LogP contribution in [0.1, 0.15) is 16.2 Å². The van der Waals surface area contributed by atoms with E-state index in [1.165, 1.54) is 7.11 Å². The number of carbonyl (C=O) groups excluding carboxylic acids is 1. The van der Waals surface area contributed by atoms with Crippen LogP contribution in [-0.2, 0) is 11.3 Å². The Morgan fingerprint density at radius 2 is 2.25 bits per heavy atom. The molecule has 1 aliphatic rings. The molecule has 0 saturated carbocycles. The summed E-state index contributed by atoms with van der Waals surface area (Å²) in [6, 6.07) is 9.46. The molecular weight excluding hydrogens is 323 g/mol. The van der Waals surface area contributed by atoms with Gasteiger partial charge in [0.05, 0.1) is 0 Å². The van der Waals surface area contributed by atoms with Crippen molar-refractivity contribution in [2.45, 2.75) is 6.54 Å². The fraction of sp³-hybridized carbons (Fsp3) is 0.154. The number of anilines is 1. The van der Waals surface area contributed by atoms with E-state index in [9.17, 15) is 4.79 Å². The van der Waals surface area contributed by atoms with E-state index in [0.29, 0.717) is 12.2 Å². The van der Waals surface area contributed by atoms with Crippen molar-refractivity contribution in [1.82, 2.24) is 4.98 Å². The Labute approximate surface area is 121 Å². The molecule has 20 heavy (non-hydrogen) atoms. The average Bonchev–Trinajstić information content (AvgIpc) is 3.13. The van der Waals surface area contributed by atoms with Crippen LogP contribution in [0.3, 0.4) is 0 Å². The number of fused-ring (bicyclic) bond motifs is 1. The van der Waals surface area contributed by atoms with Crippen molar-refractivity contribution in [2.24, 2.45) is 7.92 Å². The molecule has 6 nitrogen and oxygen atoms in total. The molecule has 0 amide bonds. The van der Waals surface area contributed by atoms with Crippen LogP contribution in [0.2, 0.25) is 0 Å². The van der Waals surface area contributed by atoms with Gasteiger partial charge in [0.1, 0.15) is 0 Å². The molecule has 1 aliphatic heterocycles. The molecule has 0 saturated heterocycles. The Hall–Kier alpha value is -2.11. The third kappa shape index (κ3) is 2.45. The first-order valence-electron chi connectivity index (χ1n) is 5.99. The second-order valence-electron chi connectivity index (χ2n) is 4.18. The molecule has 1 aromatic heterocycles. The van der Waals surface area contributed by atoms with Crippen LogP contribution >= 0.6 is 0 Å². The van der Waals surface area contributed by atoms with E-state index < -0.39 is 0 Å². The summed E-state index contributed by atoms with van der Waals surface area (Å²) in [6.45, 7) is 0.579. The van der Waals surface area contributed by atoms with Crippen LogP contribution in [0.25, 0.3) is 0 Å². The van der Waals surface area contributed by atoms with Gasteiger partial charge in [-0.25, -0.2) is 0 Å². The first-order valence-corrected chi connectivity index (χ1v) is 7.52. The number of H-pyrrole nitrogens is 1. The summed E-state index contributed by atoms with van der Waals surface area (Å²) >= 11 is -0.0371. The zero-order valence-electron chi connectivity index (χ0n) is 10.7. The van der Waals surface area contributed by atoms with Gasteiger partial charge in [0, 0.05) is 0 Å². The van der Waals surface area contributed by atoms with E-state index in [1.54, 1.807) is 6.07 Å². The van der Waals surface area contributed by atoms with Crippen LogP contribution < -0.4 is 5.32 Å². The van der Waals surface area contributed by atoms with E-state index in [-0.39, 0.29) is 20.5 Å². The van der Waals surface area contributed by atoms with Gasteiger partial charge in [-0.2, -0.15) is 0 Å². The summed E-state index contributed by atoms with van der Waals surface area (Å²) in [5, 5.41) is 3.30. The Bertz CT molecular complexity index is 732. The Balaban J connectivity index is 1.72. The summed E-state index contributed by atoms with van der Waals surface area (Å²) in [5.74, 6) is -0.367. The molecular formula is C13H12N4O2Se. The van der Waals surface area contributed by atoms with Gasteiger partial charge in [0.25, 0.3) is 0 Å². The zero-order chi connectivity index (χ0) is 13.9. The summed E-state index contributed by atoms with van der Waals surface area (Å²) in [7, 11) is 1.36. The fourth-order valence-corrected chi connectivity index (χ4v) is 3.06. The van der Waals surface area contributed by atoms with Crippen molar-refractivity contribution >= 4 is 37.6 Å². The average molecular weight is 335 g/mol. The van der Waals surface area contributed by atoms with Crippen molar-refractivity contribution in [2.75, 3.05) is 12.4 Å². The van der Waals surface area contributed by atoms with Crippen molar-refractivity contribution in [3.8, 4) is 0 Å². The normalized spacial score (nSPS) is 11.8. The van der Waals surface area contributed by atoms with E-state index in [1.807, 2.05) is 24.3 Å². The molecule has 0 fully saturated rings. The molecule has 0 aliphatic carbocycles. The molecule has 3 rings (SSSR count). The quantitative estimate of drug-likeness (QED) is 0.568. The van der Waals surface area contributed by atoms with Gasteiger partial charge in [0.15, 0.2) is 0 Å². The number of carbonyl (C=O) groups is 1. The predicted molar refractivity (Wildman–Crippen MR) is 75.8 cm³/mol. The predicted octanol–water partition coefficient (Wildman–Crippen LogP) is 2.76. The molecule has 7 heteroatoms. The number of rotatable bonds is 4. The van der Waals surface area contributed by atoms with E-state index in [2.05, 4.69) is 23.0 Å². The second-order valence-corrected chi connectivity index (χ2v) is 5.29. The summed E-state index contributed by atoms with van der Waals surface area (Å²) in [6.07, 6.45) is 0. The monoisotopic (exact) mass is 336 g/mol. The number of benzene rings is 1.